The molecule has 4 aliphatic rings. The van der Waals surface area contributed by atoms with Crippen LogP contribution in [0.25, 0.3) is 0 Å². The lowest BCUT2D eigenvalue weighted by atomic mass is 9.95. The lowest BCUT2D eigenvalue weighted by Gasteiger charge is -2.50. The minimum absolute atomic E-state index is 0.698. The summed E-state index contributed by atoms with van der Waals surface area (Å²) in [7, 11) is 5.02. The highest BCUT2D eigenvalue weighted by atomic mass is 16.8. The predicted molar refractivity (Wildman–Crippen MR) is 162 cm³/mol. The van der Waals surface area contributed by atoms with Crippen molar-refractivity contribution in [2.45, 2.75) is 137 Å². The molecule has 0 aromatic heterocycles. The summed E-state index contributed by atoms with van der Waals surface area (Å²) in [5, 5.41) is 82.5. The number of aliphatic hydroxyl groups excluding tert-OH is 7. The first-order valence-corrected chi connectivity index (χ1v) is 16.4. The van der Waals surface area contributed by atoms with Crippen molar-refractivity contribution >= 4 is 11.9 Å². The Hall–Kier alpha value is -1.78. The van der Waals surface area contributed by atoms with Gasteiger partial charge in [0, 0.05) is 35.4 Å². The second-order valence-corrected chi connectivity index (χ2v) is 12.6. The fraction of sp³-hybridized carbons (Fsp3) is 0.933. The first kappa shape index (κ1) is 43.0. The zero-order valence-corrected chi connectivity index (χ0v) is 29.3. The molecular formula is C30H50O22. The zero-order valence-electron chi connectivity index (χ0n) is 29.3. The summed E-state index contributed by atoms with van der Waals surface area (Å²) in [5.41, 5.74) is 0. The van der Waals surface area contributed by atoms with E-state index in [1.807, 2.05) is 0 Å². The molecule has 0 amide bonds. The zero-order chi connectivity index (χ0) is 38.6. The minimum Gasteiger partial charge on any atom is -0.479 e. The number of aliphatic hydroxyl groups is 7. The third-order valence-electron chi connectivity index (χ3n) is 9.39. The van der Waals surface area contributed by atoms with Crippen LogP contribution in [-0.4, -0.2) is 217 Å². The van der Waals surface area contributed by atoms with Gasteiger partial charge in [-0.25, -0.2) is 4.79 Å². The number of carboxylic acids is 1. The Labute approximate surface area is 297 Å². The molecule has 4 fully saturated rings. The number of methoxy groups -OCH3 is 4. The van der Waals surface area contributed by atoms with Crippen LogP contribution in [0.3, 0.4) is 0 Å². The summed E-state index contributed by atoms with van der Waals surface area (Å²) >= 11 is 0. The monoisotopic (exact) mass is 762 g/mol. The van der Waals surface area contributed by atoms with Crippen molar-refractivity contribution < 1.29 is 107 Å². The molecule has 0 bridgehead atoms. The van der Waals surface area contributed by atoms with Crippen molar-refractivity contribution in [3.63, 3.8) is 0 Å². The molecular weight excluding hydrogens is 712 g/mol. The average Bonchev–Trinajstić information content (AvgIpc) is 3.11. The van der Waals surface area contributed by atoms with Crippen LogP contribution >= 0.6 is 0 Å². The van der Waals surface area contributed by atoms with Gasteiger partial charge in [0.25, 0.3) is 0 Å². The molecule has 0 aliphatic carbocycles. The van der Waals surface area contributed by atoms with Gasteiger partial charge in [0.2, 0.25) is 0 Å². The van der Waals surface area contributed by atoms with Crippen LogP contribution in [0, 0.1) is 0 Å². The SMILES string of the molecule is COC1C(OC)[C@H](O[C@H]2O[C@H](CO)[C@@H](O[C@@H]3OC(C(=O)O)[C@H](O)[C@H](OC)C3OC)C(OC(C)=O)C2O)[C@H](C)O[C@@H]1O[C@H]1C(CO)O[C@@H](O)C(O)[C@H]1O. The molecule has 8 unspecified atom stereocenters. The van der Waals surface area contributed by atoms with Crippen LogP contribution in [0.5, 0.6) is 0 Å². The summed E-state index contributed by atoms with van der Waals surface area (Å²) in [5.74, 6) is -2.43. The molecule has 302 valence electrons. The predicted octanol–water partition coefficient (Wildman–Crippen LogP) is -5.44. The number of hydrogen-bond donors (Lipinski definition) is 8. The van der Waals surface area contributed by atoms with E-state index in [0.29, 0.717) is 0 Å². The lowest BCUT2D eigenvalue weighted by molar-refractivity contribution is -0.387. The molecule has 0 radical (unpaired) electrons. The average molecular weight is 763 g/mol. The third-order valence-corrected chi connectivity index (χ3v) is 9.39. The number of ether oxygens (including phenoxy) is 12. The van der Waals surface area contributed by atoms with E-state index in [0.717, 1.165) is 6.92 Å². The summed E-state index contributed by atoms with van der Waals surface area (Å²) < 4.78 is 68.0. The largest absolute Gasteiger partial charge is 0.479 e. The first-order valence-electron chi connectivity index (χ1n) is 16.4. The molecule has 0 aromatic rings. The number of rotatable bonds is 14. The van der Waals surface area contributed by atoms with Crippen LogP contribution in [0.15, 0.2) is 0 Å². The van der Waals surface area contributed by atoms with Gasteiger partial charge >= 0.3 is 11.9 Å². The van der Waals surface area contributed by atoms with Crippen LogP contribution in [-0.2, 0) is 66.4 Å². The molecule has 0 spiro atoms. The van der Waals surface area contributed by atoms with Gasteiger partial charge in [-0.2, -0.15) is 0 Å². The smallest absolute Gasteiger partial charge is 0.335 e. The summed E-state index contributed by atoms with van der Waals surface area (Å²) in [6.45, 7) is 1.08. The van der Waals surface area contributed by atoms with Gasteiger partial charge < -0.3 is 97.7 Å². The van der Waals surface area contributed by atoms with Crippen molar-refractivity contribution in [1.29, 1.82) is 0 Å². The molecule has 4 saturated heterocycles. The second kappa shape index (κ2) is 18.7. The van der Waals surface area contributed by atoms with Gasteiger partial charge in [-0.1, -0.05) is 0 Å². The van der Waals surface area contributed by atoms with Crippen LogP contribution < -0.4 is 0 Å². The number of hydrogen-bond acceptors (Lipinski definition) is 21. The molecule has 22 nitrogen and oxygen atoms in total. The fourth-order valence-corrected chi connectivity index (χ4v) is 6.79. The maximum Gasteiger partial charge on any atom is 0.335 e. The summed E-state index contributed by atoms with van der Waals surface area (Å²) in [4.78, 5) is 24.1. The van der Waals surface area contributed by atoms with Gasteiger partial charge in [0.05, 0.1) is 19.3 Å². The topological polar surface area (TPSA) is 307 Å². The first-order chi connectivity index (χ1) is 24.7. The fourth-order valence-electron chi connectivity index (χ4n) is 6.79. The van der Waals surface area contributed by atoms with Crippen LogP contribution in [0.4, 0.5) is 0 Å². The van der Waals surface area contributed by atoms with Gasteiger partial charge in [0.15, 0.2) is 37.4 Å². The minimum atomic E-state index is -1.84. The molecule has 20 atom stereocenters. The molecule has 0 aromatic carbocycles. The number of carbonyl (C=O) groups excluding carboxylic acids is 1. The maximum atomic E-state index is 12.3. The Morgan fingerprint density at radius 1 is 0.558 bits per heavy atom. The molecule has 8 N–H and O–H groups in total. The van der Waals surface area contributed by atoms with E-state index in [2.05, 4.69) is 0 Å². The van der Waals surface area contributed by atoms with Gasteiger partial charge in [0.1, 0.15) is 79.4 Å². The van der Waals surface area contributed by atoms with Crippen molar-refractivity contribution in [3.8, 4) is 0 Å². The Morgan fingerprint density at radius 3 is 1.62 bits per heavy atom. The van der Waals surface area contributed by atoms with Gasteiger partial charge in [-0.05, 0) is 6.92 Å². The van der Waals surface area contributed by atoms with E-state index in [-0.39, 0.29) is 0 Å². The molecule has 4 rings (SSSR count). The molecule has 4 heterocycles. The maximum absolute atomic E-state index is 12.3. The van der Waals surface area contributed by atoms with E-state index >= 15 is 0 Å². The Bertz CT molecular complexity index is 1150. The quantitative estimate of drug-likeness (QED) is 0.0766. The van der Waals surface area contributed by atoms with Gasteiger partial charge in [-0.15, -0.1) is 0 Å². The lowest BCUT2D eigenvalue weighted by Crippen LogP contribution is -2.68. The van der Waals surface area contributed by atoms with E-state index < -0.39 is 148 Å². The molecule has 22 heteroatoms. The Balaban J connectivity index is 1.56. The highest BCUT2D eigenvalue weighted by Gasteiger charge is 2.57. The summed E-state index contributed by atoms with van der Waals surface area (Å²) in [6.07, 6.45) is -29.4. The number of carbonyl (C=O) groups is 2. The number of carboxylic acid groups (broad SMARTS) is 1. The van der Waals surface area contributed by atoms with E-state index in [1.165, 1.54) is 35.4 Å². The van der Waals surface area contributed by atoms with E-state index in [4.69, 9.17) is 56.8 Å². The standard InChI is InChI=1S/C30H50O22/c1-9-17(23(42-4)25(44-6)29(45-9)50-18-11(7-31)47-27(40)14(35)13(18)34)49-28-16(37)21(46-10(2)33)19(12(8-32)48-28)51-30-24(43-5)20(41-3)15(36)22(52-30)26(38)39/h9,11-25,27-32,34-37,40H,7-8H2,1-6H3,(H,38,39)/t9-,11?,12+,13+,14?,15+,16?,17+,18-,19+,20-,21?,22?,23?,24?,25?,27+,28+,29+,30+/m0/s1. The van der Waals surface area contributed by atoms with Crippen molar-refractivity contribution in [2.24, 2.45) is 0 Å². The highest BCUT2D eigenvalue weighted by molar-refractivity contribution is 5.73. The molecule has 0 saturated carbocycles. The second-order valence-electron chi connectivity index (χ2n) is 12.6. The van der Waals surface area contributed by atoms with Crippen molar-refractivity contribution in [1.82, 2.24) is 0 Å². The molecule has 52 heavy (non-hydrogen) atoms. The van der Waals surface area contributed by atoms with E-state index in [9.17, 15) is 50.4 Å². The Kier molecular flexibility index (Phi) is 15.5. The summed E-state index contributed by atoms with van der Waals surface area (Å²) in [6, 6.07) is 0. The van der Waals surface area contributed by atoms with Crippen LogP contribution in [0.2, 0.25) is 0 Å². The number of esters is 1. The van der Waals surface area contributed by atoms with E-state index in [1.54, 1.807) is 0 Å². The van der Waals surface area contributed by atoms with Crippen molar-refractivity contribution in [3.05, 3.63) is 0 Å². The molecule has 4 aliphatic heterocycles. The number of aliphatic carboxylic acids is 1. The van der Waals surface area contributed by atoms with Crippen LogP contribution in [0.1, 0.15) is 13.8 Å². The van der Waals surface area contributed by atoms with Gasteiger partial charge in [-0.3, -0.25) is 4.79 Å². The normalized spacial score (nSPS) is 47.2. The Morgan fingerprint density at radius 2 is 1.08 bits per heavy atom. The van der Waals surface area contributed by atoms with Crippen molar-refractivity contribution in [2.75, 3.05) is 41.7 Å². The highest BCUT2D eigenvalue weighted by Crippen LogP contribution is 2.36. The third kappa shape index (κ3) is 8.85.